The van der Waals surface area contributed by atoms with Gasteiger partial charge >= 0.3 is 40.7 Å². The number of aryl methyl sites for hydroxylation is 4. The number of carbonyl (C=O) groups is 4. The molecule has 0 unspecified atom stereocenters. The van der Waals surface area contributed by atoms with Crippen LogP contribution in [0.2, 0.25) is 0 Å². The van der Waals surface area contributed by atoms with E-state index in [-0.39, 0.29) is 96.4 Å². The first-order valence-corrected chi connectivity index (χ1v) is 19.6. The molecule has 5 heterocycles. The van der Waals surface area contributed by atoms with E-state index in [1.807, 2.05) is 33.8 Å². The average molecular weight is 881 g/mol. The predicted octanol–water partition coefficient (Wildman–Crippen LogP) is 6.32. The van der Waals surface area contributed by atoms with Gasteiger partial charge in [-0.05, 0) is 103 Å². The first-order valence-electron chi connectivity index (χ1n) is 19.6. The molecule has 16 heteroatoms. The second-order valence-corrected chi connectivity index (χ2v) is 14.5. The number of allylic oxidation sites excluding steroid dienone is 4. The molecule has 3 aromatic heterocycles. The standard InChI is InChI=1S/C40H48N4O4.2C2H5NO2.Co.Na/c1-11-27-23(7)31-17-32-25(9)29(13-15-39(45)47-21(3)4)37(43-32)20-38-30(14-16-40(46)48-22(5)6)26(10)34(44-38)19-36-28(12-2)24(8)33(42-36)18-35(27)41-31;2*3-1-2(4)5;;/h17-22H,11-16H2,1-10H3;2*1,3H2,(H,4,5);;/q-2;;;+2;. The van der Waals surface area contributed by atoms with Crippen LogP contribution in [0.5, 0.6) is 0 Å². The third kappa shape index (κ3) is 14.5. The van der Waals surface area contributed by atoms with Crippen molar-refractivity contribution < 1.29 is 55.6 Å². The molecule has 3 aromatic rings. The molecule has 2 radical (unpaired) electrons. The van der Waals surface area contributed by atoms with Gasteiger partial charge in [0.2, 0.25) is 0 Å². The van der Waals surface area contributed by atoms with E-state index in [9.17, 15) is 19.2 Å². The van der Waals surface area contributed by atoms with Crippen LogP contribution in [0.3, 0.4) is 0 Å². The van der Waals surface area contributed by atoms with Crippen molar-refractivity contribution in [2.75, 3.05) is 13.1 Å². The van der Waals surface area contributed by atoms with Gasteiger partial charge in [-0.15, -0.1) is 22.1 Å². The normalized spacial score (nSPS) is 11.8. The minimum Gasteiger partial charge on any atom is -0.657 e. The van der Waals surface area contributed by atoms with E-state index >= 15 is 0 Å². The van der Waals surface area contributed by atoms with Crippen molar-refractivity contribution in [1.29, 1.82) is 0 Å². The van der Waals surface area contributed by atoms with Gasteiger partial charge in [-0.3, -0.25) is 19.2 Å². The van der Waals surface area contributed by atoms with Gasteiger partial charge in [0.15, 0.2) is 0 Å². The van der Waals surface area contributed by atoms with E-state index in [1.54, 1.807) is 0 Å². The van der Waals surface area contributed by atoms with Crippen molar-refractivity contribution in [3.05, 3.63) is 69.3 Å². The molecule has 14 nitrogen and oxygen atoms in total. The number of esters is 2. The number of fused-ring (bicyclic) bond motifs is 8. The topological polar surface area (TPSA) is 233 Å². The first-order chi connectivity index (χ1) is 27.3. The largest absolute Gasteiger partial charge is 2.00 e. The molecule has 0 amide bonds. The molecular weight excluding hydrogens is 822 g/mol. The molecule has 0 fully saturated rings. The fraction of sp³-hybridized carbons (Fsp3) is 0.455. The summed E-state index contributed by atoms with van der Waals surface area (Å²) in [4.78, 5) is 64.3. The van der Waals surface area contributed by atoms with E-state index < -0.39 is 11.9 Å². The number of carboxylic acid groups (broad SMARTS) is 2. The van der Waals surface area contributed by atoms with E-state index in [0.29, 0.717) is 12.8 Å². The van der Waals surface area contributed by atoms with E-state index in [4.69, 9.17) is 39.6 Å². The van der Waals surface area contributed by atoms with Crippen molar-refractivity contribution in [3.8, 4) is 0 Å². The zero-order chi connectivity index (χ0) is 43.4. The van der Waals surface area contributed by atoms with Crippen LogP contribution in [0.15, 0.2) is 24.3 Å². The molecule has 2 aliphatic rings. The number of aromatic nitrogens is 4. The number of nitrogens with zero attached hydrogens (tertiary/aromatic N) is 4. The Morgan fingerprint density at radius 2 is 0.983 bits per heavy atom. The van der Waals surface area contributed by atoms with Crippen LogP contribution in [0, 0.1) is 13.8 Å². The number of aliphatic carboxylic acids is 2. The molecule has 0 aliphatic carbocycles. The van der Waals surface area contributed by atoms with Crippen LogP contribution in [0.4, 0.5) is 0 Å². The van der Waals surface area contributed by atoms with E-state index in [2.05, 4.69) is 71.2 Å². The van der Waals surface area contributed by atoms with Crippen LogP contribution in [0.1, 0.15) is 126 Å². The Bertz CT molecular complexity index is 2240. The van der Waals surface area contributed by atoms with Crippen LogP contribution >= 0.6 is 0 Å². The maximum Gasteiger partial charge on any atom is 2.00 e. The molecule has 5 rings (SSSR count). The zero-order valence-corrected chi connectivity index (χ0v) is 39.8. The van der Waals surface area contributed by atoms with Crippen molar-refractivity contribution in [1.82, 2.24) is 19.9 Å². The summed E-state index contributed by atoms with van der Waals surface area (Å²) < 4.78 is 10.9. The van der Waals surface area contributed by atoms with Gasteiger partial charge in [0.1, 0.15) is 0 Å². The third-order valence-electron chi connectivity index (χ3n) is 9.59. The Kier molecular flexibility index (Phi) is 22.5. The smallest absolute Gasteiger partial charge is 0.657 e. The van der Waals surface area contributed by atoms with Gasteiger partial charge in [0, 0.05) is 42.4 Å². The number of hydrogen-bond acceptors (Lipinski definition) is 10. The molecule has 2 aliphatic heterocycles. The average Bonchev–Trinajstić information content (AvgIpc) is 3.82. The summed E-state index contributed by atoms with van der Waals surface area (Å²) in [6.45, 7) is 19.5. The Morgan fingerprint density at radius 1 is 0.617 bits per heavy atom. The Hall–Kier alpha value is -4.09. The molecule has 8 bridgehead atoms. The molecular formula is C44H58CoN6NaO8. The first kappa shape index (κ1) is 53.9. The van der Waals surface area contributed by atoms with Gasteiger partial charge in [-0.1, -0.05) is 60.4 Å². The summed E-state index contributed by atoms with van der Waals surface area (Å²) in [6, 6.07) is 8.24. The van der Waals surface area contributed by atoms with Crippen LogP contribution in [0.25, 0.3) is 44.4 Å². The molecule has 60 heavy (non-hydrogen) atoms. The molecule has 0 atom stereocenters. The summed E-state index contributed by atoms with van der Waals surface area (Å²) in [5.74, 6) is -2.42. The van der Waals surface area contributed by atoms with Crippen molar-refractivity contribution in [2.24, 2.45) is 11.5 Å². The number of carbonyl (C=O) groups excluding carboxylic acids is 2. The van der Waals surface area contributed by atoms with E-state index in [1.165, 1.54) is 11.1 Å². The summed E-state index contributed by atoms with van der Waals surface area (Å²) in [5, 5.41) is 15.2. The van der Waals surface area contributed by atoms with Gasteiger partial charge in [-0.2, -0.15) is 0 Å². The quantitative estimate of drug-likeness (QED) is 0.115. The molecule has 6 N–H and O–H groups in total. The van der Waals surface area contributed by atoms with Gasteiger partial charge in [-0.25, -0.2) is 9.97 Å². The Balaban J connectivity index is 0.00000134. The fourth-order valence-electron chi connectivity index (χ4n) is 6.69. The van der Waals surface area contributed by atoms with Crippen molar-refractivity contribution in [2.45, 2.75) is 120 Å². The van der Waals surface area contributed by atoms with Gasteiger partial charge in [0.05, 0.1) is 48.1 Å². The minimum absolute atomic E-state index is 0. The van der Waals surface area contributed by atoms with Gasteiger partial charge in [0.25, 0.3) is 0 Å². The second-order valence-electron chi connectivity index (χ2n) is 14.5. The summed E-state index contributed by atoms with van der Waals surface area (Å²) >= 11 is 0. The van der Waals surface area contributed by atoms with Gasteiger partial charge < -0.3 is 41.1 Å². The zero-order valence-electron chi connectivity index (χ0n) is 36.7. The summed E-state index contributed by atoms with van der Waals surface area (Å²) in [6.07, 6.45) is 2.75. The van der Waals surface area contributed by atoms with Crippen molar-refractivity contribution in [3.63, 3.8) is 0 Å². The number of rotatable bonds is 12. The Labute approximate surface area is 384 Å². The maximum absolute atomic E-state index is 12.7. The summed E-state index contributed by atoms with van der Waals surface area (Å²) in [7, 11) is 0. The molecule has 0 aromatic carbocycles. The molecule has 0 spiro atoms. The van der Waals surface area contributed by atoms with Crippen molar-refractivity contribution >= 4 is 97.8 Å². The molecule has 322 valence electrons. The second kappa shape index (κ2) is 25.0. The number of nitrogens with two attached hydrogens (primary N) is 2. The maximum atomic E-state index is 12.7. The summed E-state index contributed by atoms with van der Waals surface area (Å²) in [5.41, 5.74) is 24.5. The molecule has 0 saturated heterocycles. The van der Waals surface area contributed by atoms with Crippen LogP contribution in [-0.2, 0) is 58.3 Å². The van der Waals surface area contributed by atoms with E-state index in [0.717, 1.165) is 91.1 Å². The number of carboxylic acids is 2. The third-order valence-corrected chi connectivity index (χ3v) is 9.59. The number of ether oxygens (including phenoxy) is 2. The monoisotopic (exact) mass is 880 g/mol. The predicted molar refractivity (Wildman–Crippen MR) is 232 cm³/mol. The Morgan fingerprint density at radius 3 is 1.42 bits per heavy atom. The number of hydrogen-bond donors (Lipinski definition) is 4. The molecule has 0 saturated carbocycles. The van der Waals surface area contributed by atoms with Crippen LogP contribution in [-0.4, -0.2) is 98.9 Å². The SMILES string of the molecule is CCC1=C(C)c2cc3[n-]c(cc4nc(cc5[n-]c(cc1n2)c(C)c5CCC(=O)OC(C)C)C(CCC(=O)OC(C)C)=C4C)c(C)c3CC.NCC(=O)O.NCC(=O)O.[Co+2].[Na]. The fourth-order valence-corrected chi connectivity index (χ4v) is 6.69. The van der Waals surface area contributed by atoms with Crippen LogP contribution < -0.4 is 21.4 Å². The minimum atomic E-state index is -0.968.